The fraction of sp³-hybridized carbons (Fsp3) is 0.179. The minimum absolute atomic E-state index is 0.0512. The number of nitrogens with zero attached hydrogens (tertiary/aromatic N) is 2. The van der Waals surface area contributed by atoms with E-state index >= 15 is 0 Å². The Bertz CT molecular complexity index is 1570. The van der Waals surface area contributed by atoms with Gasteiger partial charge in [-0.25, -0.2) is 4.98 Å². The molecule has 7 heteroatoms. The monoisotopic (exact) mass is 497 g/mol. The Morgan fingerprint density at radius 1 is 1.00 bits per heavy atom. The molecule has 5 nitrogen and oxygen atoms in total. The van der Waals surface area contributed by atoms with E-state index in [2.05, 4.69) is 35.6 Å². The molecule has 0 radical (unpaired) electrons. The zero-order chi connectivity index (χ0) is 23.9. The maximum absolute atomic E-state index is 13.2. The maximum atomic E-state index is 13.2. The molecule has 0 spiro atoms. The highest BCUT2D eigenvalue weighted by Gasteiger charge is 2.28. The van der Waals surface area contributed by atoms with Crippen molar-refractivity contribution in [2.24, 2.45) is 0 Å². The van der Waals surface area contributed by atoms with Crippen molar-refractivity contribution in [2.75, 3.05) is 11.9 Å². The Kier molecular flexibility index (Phi) is 5.59. The van der Waals surface area contributed by atoms with Crippen LogP contribution in [0.5, 0.6) is 0 Å². The molecule has 1 aliphatic rings. The first-order chi connectivity index (χ1) is 17.0. The summed E-state index contributed by atoms with van der Waals surface area (Å²) in [7, 11) is 0. The van der Waals surface area contributed by atoms with Crippen molar-refractivity contribution in [3.63, 3.8) is 0 Å². The molecule has 1 aliphatic heterocycles. The average Bonchev–Trinajstić information content (AvgIpc) is 3.43. The first kappa shape index (κ1) is 21.9. The van der Waals surface area contributed by atoms with Gasteiger partial charge in [0.1, 0.15) is 10.0 Å². The van der Waals surface area contributed by atoms with E-state index in [1.54, 1.807) is 29.6 Å². The lowest BCUT2D eigenvalue weighted by molar-refractivity contribution is -0.129. The van der Waals surface area contributed by atoms with Gasteiger partial charge in [-0.1, -0.05) is 54.6 Å². The van der Waals surface area contributed by atoms with Crippen LogP contribution in [0, 0.1) is 0 Å². The van der Waals surface area contributed by atoms with E-state index in [1.165, 1.54) is 5.56 Å². The molecule has 1 N–H and O–H groups in total. The number of hydrogen-bond donors (Lipinski definition) is 1. The number of para-hydroxylation sites is 1. The highest BCUT2D eigenvalue weighted by Crippen LogP contribution is 2.45. The second-order valence-corrected chi connectivity index (χ2v) is 10.9. The van der Waals surface area contributed by atoms with Gasteiger partial charge in [-0.3, -0.25) is 9.59 Å². The average molecular weight is 498 g/mol. The van der Waals surface area contributed by atoms with Crippen molar-refractivity contribution in [2.45, 2.75) is 26.3 Å². The van der Waals surface area contributed by atoms with Crippen molar-refractivity contribution in [3.8, 4) is 10.6 Å². The molecule has 35 heavy (non-hydrogen) atoms. The van der Waals surface area contributed by atoms with Crippen LogP contribution >= 0.6 is 22.7 Å². The predicted octanol–water partition coefficient (Wildman–Crippen LogP) is 6.26. The number of thiophene rings is 1. The van der Waals surface area contributed by atoms with Crippen molar-refractivity contribution in [1.82, 2.24) is 9.88 Å². The Balaban J connectivity index is 1.35. The SMILES string of the molecule is CC(=O)N1CCc2c(sc(NC(=O)Cc3ccc4ccccc4c3)c2-c2nc3ccccc3s2)C1. The van der Waals surface area contributed by atoms with Gasteiger partial charge >= 0.3 is 0 Å². The van der Waals surface area contributed by atoms with Gasteiger partial charge in [0.2, 0.25) is 11.8 Å². The largest absolute Gasteiger partial charge is 0.337 e. The van der Waals surface area contributed by atoms with E-state index < -0.39 is 0 Å². The van der Waals surface area contributed by atoms with Gasteiger partial charge in [0.25, 0.3) is 0 Å². The molecule has 2 amide bonds. The van der Waals surface area contributed by atoms with Crippen LogP contribution in [0.25, 0.3) is 31.6 Å². The number of hydrogen-bond acceptors (Lipinski definition) is 5. The summed E-state index contributed by atoms with van der Waals surface area (Å²) in [5.74, 6) is 0.0251. The number of benzene rings is 3. The Hall–Kier alpha value is -3.55. The van der Waals surface area contributed by atoms with Gasteiger partial charge in [0.15, 0.2) is 0 Å². The molecular formula is C28H23N3O2S2. The fourth-order valence-electron chi connectivity index (χ4n) is 4.67. The van der Waals surface area contributed by atoms with Crippen LogP contribution in [-0.4, -0.2) is 28.2 Å². The molecule has 0 bridgehead atoms. The number of anilines is 1. The summed E-state index contributed by atoms with van der Waals surface area (Å²) < 4.78 is 1.12. The minimum atomic E-state index is -0.0512. The van der Waals surface area contributed by atoms with E-state index in [9.17, 15) is 9.59 Å². The van der Waals surface area contributed by atoms with E-state index in [0.29, 0.717) is 19.5 Å². The highest BCUT2D eigenvalue weighted by atomic mass is 32.1. The van der Waals surface area contributed by atoms with E-state index in [4.69, 9.17) is 4.98 Å². The van der Waals surface area contributed by atoms with Gasteiger partial charge in [0.05, 0.1) is 23.2 Å². The molecule has 174 valence electrons. The third-order valence-electron chi connectivity index (χ3n) is 6.44. The smallest absolute Gasteiger partial charge is 0.229 e. The molecule has 0 aliphatic carbocycles. The number of nitrogens with one attached hydrogen (secondary N) is 1. The van der Waals surface area contributed by atoms with E-state index in [0.717, 1.165) is 53.4 Å². The van der Waals surface area contributed by atoms with Crippen molar-refractivity contribution in [3.05, 3.63) is 82.7 Å². The molecular weight excluding hydrogens is 474 g/mol. The lowest BCUT2D eigenvalue weighted by atomic mass is 10.0. The molecule has 2 aromatic heterocycles. The molecule has 0 unspecified atom stereocenters. The Morgan fingerprint density at radius 3 is 2.63 bits per heavy atom. The lowest BCUT2D eigenvalue weighted by Crippen LogP contribution is -2.33. The van der Waals surface area contributed by atoms with E-state index in [-0.39, 0.29) is 11.8 Å². The normalized spacial score (nSPS) is 13.2. The Morgan fingerprint density at radius 2 is 1.80 bits per heavy atom. The number of carbonyl (C=O) groups excluding carboxylic acids is 2. The zero-order valence-electron chi connectivity index (χ0n) is 19.2. The Labute approximate surface area is 211 Å². The summed E-state index contributed by atoms with van der Waals surface area (Å²) in [6.07, 6.45) is 1.06. The number of aromatic nitrogens is 1. The summed E-state index contributed by atoms with van der Waals surface area (Å²) >= 11 is 3.22. The van der Waals surface area contributed by atoms with Crippen LogP contribution in [0.4, 0.5) is 5.00 Å². The summed E-state index contributed by atoms with van der Waals surface area (Å²) in [5.41, 5.74) is 4.16. The van der Waals surface area contributed by atoms with Crippen LogP contribution in [0.15, 0.2) is 66.7 Å². The highest BCUT2D eigenvalue weighted by molar-refractivity contribution is 7.22. The van der Waals surface area contributed by atoms with Gasteiger partial charge in [-0.05, 0) is 40.5 Å². The number of carbonyl (C=O) groups is 2. The second-order valence-electron chi connectivity index (χ2n) is 8.79. The number of thiazole rings is 1. The van der Waals surface area contributed by atoms with Crippen LogP contribution in [-0.2, 0) is 29.0 Å². The summed E-state index contributed by atoms with van der Waals surface area (Å²) in [4.78, 5) is 33.1. The molecule has 3 aromatic carbocycles. The maximum Gasteiger partial charge on any atom is 0.229 e. The quantitative estimate of drug-likeness (QED) is 0.319. The molecule has 0 saturated carbocycles. The predicted molar refractivity (Wildman–Crippen MR) is 144 cm³/mol. The molecule has 0 saturated heterocycles. The number of rotatable bonds is 4. The molecule has 0 atom stereocenters. The minimum Gasteiger partial charge on any atom is -0.337 e. The van der Waals surface area contributed by atoms with Gasteiger partial charge in [-0.15, -0.1) is 22.7 Å². The van der Waals surface area contributed by atoms with Gasteiger partial charge < -0.3 is 10.2 Å². The van der Waals surface area contributed by atoms with Crippen LogP contribution in [0.2, 0.25) is 0 Å². The fourth-order valence-corrected chi connectivity index (χ4v) is 7.06. The lowest BCUT2D eigenvalue weighted by Gasteiger charge is -2.26. The van der Waals surface area contributed by atoms with Crippen molar-refractivity contribution >= 4 is 60.5 Å². The third kappa shape index (κ3) is 4.22. The van der Waals surface area contributed by atoms with E-state index in [1.807, 2.05) is 41.3 Å². The standard InChI is InChI=1S/C28H23N3O2S2/c1-17(32)31-13-12-21-24(16-31)35-28(26(21)27-29-22-8-4-5-9-23(22)34-27)30-25(33)15-18-10-11-19-6-2-3-7-20(19)14-18/h2-11,14H,12-13,15-16H2,1H3,(H,30,33). The zero-order valence-corrected chi connectivity index (χ0v) is 20.8. The molecule has 5 aromatic rings. The molecule has 6 rings (SSSR count). The topological polar surface area (TPSA) is 62.3 Å². The summed E-state index contributed by atoms with van der Waals surface area (Å²) in [5, 5.41) is 7.23. The summed E-state index contributed by atoms with van der Waals surface area (Å²) in [6, 6.07) is 22.4. The first-order valence-corrected chi connectivity index (χ1v) is 13.2. The van der Waals surface area contributed by atoms with Gasteiger partial charge in [0, 0.05) is 23.9 Å². The van der Waals surface area contributed by atoms with Crippen molar-refractivity contribution in [1.29, 1.82) is 0 Å². The number of fused-ring (bicyclic) bond motifs is 3. The van der Waals surface area contributed by atoms with Crippen LogP contribution in [0.3, 0.4) is 0 Å². The number of amides is 2. The second kappa shape index (κ2) is 8.91. The van der Waals surface area contributed by atoms with Gasteiger partial charge in [-0.2, -0.15) is 0 Å². The molecule has 0 fully saturated rings. The van der Waals surface area contributed by atoms with Crippen LogP contribution < -0.4 is 5.32 Å². The third-order valence-corrected chi connectivity index (χ3v) is 8.63. The van der Waals surface area contributed by atoms with Crippen molar-refractivity contribution < 1.29 is 9.59 Å². The summed E-state index contributed by atoms with van der Waals surface area (Å²) in [6.45, 7) is 2.87. The molecule has 3 heterocycles. The van der Waals surface area contributed by atoms with Crippen LogP contribution in [0.1, 0.15) is 22.9 Å². The first-order valence-electron chi connectivity index (χ1n) is 11.6.